The molecule has 6 heteroatoms. The van der Waals surface area contributed by atoms with Crippen LogP contribution in [0.15, 0.2) is 30.3 Å². The molecule has 0 saturated carbocycles. The molecule has 0 unspecified atom stereocenters. The minimum absolute atomic E-state index is 0.959. The van der Waals surface area contributed by atoms with Gasteiger partial charge in [0.15, 0.2) is 0 Å². The van der Waals surface area contributed by atoms with Gasteiger partial charge in [-0.1, -0.05) is 30.3 Å². The standard InChI is InChI=1S/C8H11N.C2HF3O2/c1-9-7-8-5-3-2-4-6-8;3-2(4,5)1(6)7/h2-6,9H,7H2,1H3;(H,6,7). The van der Waals surface area contributed by atoms with E-state index in [0.717, 1.165) is 6.54 Å². The third-order valence-electron chi connectivity index (χ3n) is 1.47. The lowest BCUT2D eigenvalue weighted by atomic mass is 10.2. The Morgan fingerprint density at radius 1 is 1.31 bits per heavy atom. The highest BCUT2D eigenvalue weighted by Crippen LogP contribution is 2.13. The Bertz CT molecular complexity index is 312. The van der Waals surface area contributed by atoms with E-state index in [2.05, 4.69) is 17.4 Å². The summed E-state index contributed by atoms with van der Waals surface area (Å²) in [7, 11) is 1.95. The van der Waals surface area contributed by atoms with Crippen LogP contribution in [0, 0.1) is 0 Å². The average molecular weight is 235 g/mol. The number of hydrogen-bond acceptors (Lipinski definition) is 2. The zero-order chi connectivity index (χ0) is 12.6. The Morgan fingerprint density at radius 2 is 1.75 bits per heavy atom. The maximum Gasteiger partial charge on any atom is 0.490 e. The first-order valence-electron chi connectivity index (χ1n) is 4.36. The highest BCUT2D eigenvalue weighted by atomic mass is 19.4. The van der Waals surface area contributed by atoms with Crippen molar-refractivity contribution in [2.75, 3.05) is 7.05 Å². The number of aliphatic carboxylic acids is 1. The van der Waals surface area contributed by atoms with Gasteiger partial charge in [-0.05, 0) is 12.6 Å². The van der Waals surface area contributed by atoms with E-state index in [1.807, 2.05) is 25.2 Å². The first-order chi connectivity index (χ1) is 7.38. The molecule has 90 valence electrons. The van der Waals surface area contributed by atoms with Crippen molar-refractivity contribution in [1.82, 2.24) is 5.32 Å². The molecule has 0 aliphatic rings. The van der Waals surface area contributed by atoms with E-state index in [-0.39, 0.29) is 0 Å². The van der Waals surface area contributed by atoms with E-state index in [0.29, 0.717) is 0 Å². The van der Waals surface area contributed by atoms with Gasteiger partial charge in [0.2, 0.25) is 0 Å². The quantitative estimate of drug-likeness (QED) is 0.824. The van der Waals surface area contributed by atoms with Crippen molar-refractivity contribution in [3.8, 4) is 0 Å². The lowest BCUT2D eigenvalue weighted by Gasteiger charge is -1.95. The molecule has 0 spiro atoms. The minimum atomic E-state index is -5.08. The fourth-order valence-corrected chi connectivity index (χ4v) is 0.800. The summed E-state index contributed by atoms with van der Waals surface area (Å²) in [4.78, 5) is 8.90. The summed E-state index contributed by atoms with van der Waals surface area (Å²) in [5, 5.41) is 10.2. The summed E-state index contributed by atoms with van der Waals surface area (Å²) in [6.07, 6.45) is -5.08. The molecule has 1 aromatic rings. The van der Waals surface area contributed by atoms with Crippen LogP contribution in [0.4, 0.5) is 13.2 Å². The van der Waals surface area contributed by atoms with Crippen LogP contribution in [0.25, 0.3) is 0 Å². The Balaban J connectivity index is 0.000000293. The van der Waals surface area contributed by atoms with Crippen molar-refractivity contribution in [2.45, 2.75) is 12.7 Å². The van der Waals surface area contributed by atoms with E-state index < -0.39 is 12.1 Å². The molecule has 1 rings (SSSR count). The molecule has 0 fully saturated rings. The monoisotopic (exact) mass is 235 g/mol. The normalized spacial score (nSPS) is 10.2. The smallest absolute Gasteiger partial charge is 0.475 e. The van der Waals surface area contributed by atoms with Crippen molar-refractivity contribution in [3.63, 3.8) is 0 Å². The van der Waals surface area contributed by atoms with Gasteiger partial charge in [-0.3, -0.25) is 0 Å². The summed E-state index contributed by atoms with van der Waals surface area (Å²) < 4.78 is 31.7. The van der Waals surface area contributed by atoms with E-state index in [1.54, 1.807) is 0 Å². The molecular weight excluding hydrogens is 223 g/mol. The molecule has 0 aromatic heterocycles. The maximum atomic E-state index is 10.6. The van der Waals surface area contributed by atoms with Gasteiger partial charge in [0.25, 0.3) is 0 Å². The number of halogens is 3. The fraction of sp³-hybridized carbons (Fsp3) is 0.300. The number of carboxylic acid groups (broad SMARTS) is 1. The summed E-state index contributed by atoms with van der Waals surface area (Å²) in [6, 6.07) is 10.3. The minimum Gasteiger partial charge on any atom is -0.475 e. The molecule has 3 nitrogen and oxygen atoms in total. The van der Waals surface area contributed by atoms with Gasteiger partial charge < -0.3 is 10.4 Å². The number of alkyl halides is 3. The van der Waals surface area contributed by atoms with Crippen molar-refractivity contribution < 1.29 is 23.1 Å². The maximum absolute atomic E-state index is 10.6. The fourth-order valence-electron chi connectivity index (χ4n) is 0.800. The van der Waals surface area contributed by atoms with Gasteiger partial charge in [-0.25, -0.2) is 4.79 Å². The zero-order valence-corrected chi connectivity index (χ0v) is 8.58. The number of hydrogen-bond donors (Lipinski definition) is 2. The van der Waals surface area contributed by atoms with Crippen LogP contribution >= 0.6 is 0 Å². The van der Waals surface area contributed by atoms with Crippen LogP contribution in [0.3, 0.4) is 0 Å². The first kappa shape index (κ1) is 14.4. The Hall–Kier alpha value is -1.56. The molecule has 0 amide bonds. The van der Waals surface area contributed by atoms with Gasteiger partial charge in [-0.2, -0.15) is 13.2 Å². The van der Waals surface area contributed by atoms with Crippen molar-refractivity contribution in [2.24, 2.45) is 0 Å². The molecule has 0 aliphatic carbocycles. The Kier molecular flexibility index (Phi) is 6.17. The van der Waals surface area contributed by atoms with Crippen molar-refractivity contribution >= 4 is 5.97 Å². The number of rotatable bonds is 2. The molecule has 0 aliphatic heterocycles. The lowest BCUT2D eigenvalue weighted by Crippen LogP contribution is -2.21. The second kappa shape index (κ2) is 6.84. The van der Waals surface area contributed by atoms with Gasteiger partial charge in [0, 0.05) is 6.54 Å². The molecule has 0 saturated heterocycles. The second-order valence-electron chi connectivity index (χ2n) is 2.82. The highest BCUT2D eigenvalue weighted by molar-refractivity contribution is 5.73. The SMILES string of the molecule is CNCc1ccccc1.O=C(O)C(F)(F)F. The molecule has 2 N–H and O–H groups in total. The number of nitrogens with one attached hydrogen (secondary N) is 1. The molecule has 0 atom stereocenters. The van der Waals surface area contributed by atoms with Crippen LogP contribution in [0.5, 0.6) is 0 Å². The summed E-state index contributed by atoms with van der Waals surface area (Å²) in [6.45, 7) is 0.959. The van der Waals surface area contributed by atoms with E-state index >= 15 is 0 Å². The van der Waals surface area contributed by atoms with Crippen LogP contribution < -0.4 is 5.32 Å². The van der Waals surface area contributed by atoms with Gasteiger partial charge >= 0.3 is 12.1 Å². The third-order valence-corrected chi connectivity index (χ3v) is 1.47. The van der Waals surface area contributed by atoms with Gasteiger partial charge in [-0.15, -0.1) is 0 Å². The first-order valence-corrected chi connectivity index (χ1v) is 4.36. The summed E-state index contributed by atoms with van der Waals surface area (Å²) in [5.41, 5.74) is 1.33. The molecule has 1 aromatic carbocycles. The topological polar surface area (TPSA) is 49.3 Å². The predicted octanol–water partition coefficient (Wildman–Crippen LogP) is 2.04. The van der Waals surface area contributed by atoms with Crippen LogP contribution in [-0.2, 0) is 11.3 Å². The number of carbonyl (C=O) groups is 1. The van der Waals surface area contributed by atoms with Gasteiger partial charge in [0.05, 0.1) is 0 Å². The predicted molar refractivity (Wildman–Crippen MR) is 52.9 cm³/mol. The van der Waals surface area contributed by atoms with Crippen LogP contribution in [0.2, 0.25) is 0 Å². The van der Waals surface area contributed by atoms with Crippen LogP contribution in [0.1, 0.15) is 5.56 Å². The van der Waals surface area contributed by atoms with Crippen molar-refractivity contribution in [1.29, 1.82) is 0 Å². The average Bonchev–Trinajstić information content (AvgIpc) is 2.19. The Morgan fingerprint density at radius 3 is 2.06 bits per heavy atom. The van der Waals surface area contributed by atoms with Crippen molar-refractivity contribution in [3.05, 3.63) is 35.9 Å². The zero-order valence-electron chi connectivity index (χ0n) is 8.58. The lowest BCUT2D eigenvalue weighted by molar-refractivity contribution is -0.192. The summed E-state index contributed by atoms with van der Waals surface area (Å²) in [5.74, 6) is -2.76. The number of benzene rings is 1. The third kappa shape index (κ3) is 6.83. The second-order valence-corrected chi connectivity index (χ2v) is 2.82. The molecule has 16 heavy (non-hydrogen) atoms. The van der Waals surface area contributed by atoms with E-state index in [9.17, 15) is 13.2 Å². The van der Waals surface area contributed by atoms with E-state index in [4.69, 9.17) is 9.90 Å². The molecular formula is C10H12F3NO2. The largest absolute Gasteiger partial charge is 0.490 e. The molecule has 0 bridgehead atoms. The molecule has 0 radical (unpaired) electrons. The van der Waals surface area contributed by atoms with Crippen LogP contribution in [-0.4, -0.2) is 24.3 Å². The summed E-state index contributed by atoms with van der Waals surface area (Å²) >= 11 is 0. The van der Waals surface area contributed by atoms with E-state index in [1.165, 1.54) is 5.56 Å². The molecule has 0 heterocycles. The van der Waals surface area contributed by atoms with Gasteiger partial charge in [0.1, 0.15) is 0 Å². The highest BCUT2D eigenvalue weighted by Gasteiger charge is 2.38. The number of carboxylic acids is 1. The Labute approximate surface area is 90.9 Å².